The van der Waals surface area contributed by atoms with Crippen LogP contribution in [0.25, 0.3) is 11.3 Å². The van der Waals surface area contributed by atoms with Gasteiger partial charge in [0, 0.05) is 16.3 Å². The Labute approximate surface area is 195 Å². The fraction of sp³-hybridized carbons (Fsp3) is 0.130. The predicted octanol–water partition coefficient (Wildman–Crippen LogP) is 6.17. The monoisotopic (exact) mass is 469 g/mol. The lowest BCUT2D eigenvalue weighted by Crippen LogP contribution is -2.45. The van der Waals surface area contributed by atoms with Crippen LogP contribution in [-0.2, 0) is 4.79 Å². The summed E-state index contributed by atoms with van der Waals surface area (Å²) in [5.41, 5.74) is 3.58. The predicted molar refractivity (Wildman–Crippen MR) is 125 cm³/mol. The minimum atomic E-state index is -0.695. The van der Waals surface area contributed by atoms with Gasteiger partial charge in [-0.15, -0.1) is 12.6 Å². The molecule has 1 amide bonds. The summed E-state index contributed by atoms with van der Waals surface area (Å²) in [5, 5.41) is 13.5. The zero-order valence-electron chi connectivity index (χ0n) is 16.6. The van der Waals surface area contributed by atoms with E-state index < -0.39 is 12.1 Å². The van der Waals surface area contributed by atoms with Crippen LogP contribution in [0.1, 0.15) is 23.1 Å². The van der Waals surface area contributed by atoms with Crippen molar-refractivity contribution in [3.05, 3.63) is 86.1 Å². The Bertz CT molecular complexity index is 1280. The minimum Gasteiger partial charge on any atom is -0.457 e. The Morgan fingerprint density at radius 1 is 1.10 bits per heavy atom. The Balaban J connectivity index is 1.81. The number of carbonyl (C=O) groups excluding carboxylic acids is 1. The fourth-order valence-electron chi connectivity index (χ4n) is 3.38. The van der Waals surface area contributed by atoms with Crippen LogP contribution in [0.2, 0.25) is 10.0 Å². The normalized spacial score (nSPS) is 16.3. The van der Waals surface area contributed by atoms with Crippen molar-refractivity contribution in [3.8, 4) is 17.4 Å². The number of amides is 1. The van der Waals surface area contributed by atoms with Crippen molar-refractivity contribution in [2.75, 3.05) is 4.90 Å². The van der Waals surface area contributed by atoms with Gasteiger partial charge in [0.05, 0.1) is 10.1 Å². The molecule has 0 bridgehead atoms. The van der Waals surface area contributed by atoms with E-state index in [9.17, 15) is 10.1 Å². The van der Waals surface area contributed by atoms with E-state index in [0.717, 1.165) is 16.8 Å². The summed E-state index contributed by atoms with van der Waals surface area (Å²) >= 11 is 16.8. The molecule has 1 aromatic heterocycles. The molecule has 1 aliphatic rings. The standard InChI is InChI=1S/C23H17Cl2N3O2S/c1-12-3-5-15(9-13(12)2)28-21(27-22(29)17(11-26)23(28)31)20-8-7-19(30-20)16-6-4-14(24)10-18(16)25/h3-10,21,31H,1-2H3,(H,27,29). The Morgan fingerprint density at radius 2 is 1.87 bits per heavy atom. The lowest BCUT2D eigenvalue weighted by molar-refractivity contribution is -0.118. The van der Waals surface area contributed by atoms with E-state index >= 15 is 0 Å². The van der Waals surface area contributed by atoms with Crippen molar-refractivity contribution in [2.45, 2.75) is 20.0 Å². The summed E-state index contributed by atoms with van der Waals surface area (Å²) in [5.74, 6) is 0.484. The maximum atomic E-state index is 12.5. The third kappa shape index (κ3) is 3.92. The largest absolute Gasteiger partial charge is 0.457 e. The average Bonchev–Trinajstić information content (AvgIpc) is 3.20. The summed E-state index contributed by atoms with van der Waals surface area (Å²) in [4.78, 5) is 14.3. The topological polar surface area (TPSA) is 69.3 Å². The van der Waals surface area contributed by atoms with Gasteiger partial charge in [-0.2, -0.15) is 5.26 Å². The Hall–Kier alpha value is -2.85. The maximum Gasteiger partial charge on any atom is 0.266 e. The smallest absolute Gasteiger partial charge is 0.266 e. The van der Waals surface area contributed by atoms with Crippen LogP contribution in [0.4, 0.5) is 5.69 Å². The molecule has 156 valence electrons. The average molecular weight is 470 g/mol. The number of nitrogens with zero attached hydrogens (tertiary/aromatic N) is 2. The van der Waals surface area contributed by atoms with Gasteiger partial charge in [-0.25, -0.2) is 0 Å². The van der Waals surface area contributed by atoms with E-state index in [1.807, 2.05) is 38.1 Å². The van der Waals surface area contributed by atoms with Gasteiger partial charge in [-0.1, -0.05) is 29.3 Å². The van der Waals surface area contributed by atoms with E-state index in [4.69, 9.17) is 27.6 Å². The van der Waals surface area contributed by atoms with Crippen LogP contribution >= 0.6 is 35.8 Å². The summed E-state index contributed by atoms with van der Waals surface area (Å²) in [6.07, 6.45) is -0.695. The Morgan fingerprint density at radius 3 is 2.55 bits per heavy atom. The van der Waals surface area contributed by atoms with E-state index in [1.54, 1.807) is 35.2 Å². The number of aryl methyl sites for hydroxylation is 2. The van der Waals surface area contributed by atoms with Crippen molar-refractivity contribution in [2.24, 2.45) is 0 Å². The number of hydrogen-bond donors (Lipinski definition) is 2. The lowest BCUT2D eigenvalue weighted by atomic mass is 10.1. The number of anilines is 1. The molecule has 2 heterocycles. The molecule has 1 N–H and O–H groups in total. The first-order valence-electron chi connectivity index (χ1n) is 9.36. The van der Waals surface area contributed by atoms with Gasteiger partial charge in [-0.3, -0.25) is 4.79 Å². The second-order valence-corrected chi connectivity index (χ2v) is 8.42. The highest BCUT2D eigenvalue weighted by Gasteiger charge is 2.36. The molecule has 5 nitrogen and oxygen atoms in total. The lowest BCUT2D eigenvalue weighted by Gasteiger charge is -2.36. The number of thiol groups is 1. The number of hydrogen-bond acceptors (Lipinski definition) is 5. The number of nitrogens with one attached hydrogen (secondary N) is 1. The second-order valence-electron chi connectivity index (χ2n) is 7.15. The van der Waals surface area contributed by atoms with E-state index in [1.165, 1.54) is 0 Å². The molecule has 0 spiro atoms. The van der Waals surface area contributed by atoms with Crippen molar-refractivity contribution < 1.29 is 9.21 Å². The van der Waals surface area contributed by atoms with Gasteiger partial charge in [0.15, 0.2) is 6.17 Å². The van der Waals surface area contributed by atoms with Crippen LogP contribution < -0.4 is 10.2 Å². The third-order valence-electron chi connectivity index (χ3n) is 5.18. The fourth-order valence-corrected chi connectivity index (χ4v) is 4.27. The quantitative estimate of drug-likeness (QED) is 0.449. The highest BCUT2D eigenvalue weighted by Crippen LogP contribution is 2.39. The molecular weight excluding hydrogens is 453 g/mol. The SMILES string of the molecule is Cc1ccc(N2C(S)=C(C#N)C(=O)NC2c2ccc(-c3ccc(Cl)cc3Cl)o2)cc1C. The molecule has 0 radical (unpaired) electrons. The number of benzene rings is 2. The van der Waals surface area contributed by atoms with Crippen LogP contribution in [0.5, 0.6) is 0 Å². The van der Waals surface area contributed by atoms with E-state index in [0.29, 0.717) is 27.1 Å². The number of carbonyl (C=O) groups is 1. The summed E-state index contributed by atoms with van der Waals surface area (Å²) in [7, 11) is 0. The van der Waals surface area contributed by atoms with Gasteiger partial charge in [0.25, 0.3) is 5.91 Å². The highest BCUT2D eigenvalue weighted by molar-refractivity contribution is 7.84. The number of nitriles is 1. The first kappa shape index (κ1) is 21.4. The van der Waals surface area contributed by atoms with Crippen molar-refractivity contribution in [1.82, 2.24) is 5.32 Å². The first-order chi connectivity index (χ1) is 14.8. The van der Waals surface area contributed by atoms with Gasteiger partial charge in [0.2, 0.25) is 0 Å². The summed E-state index contributed by atoms with van der Waals surface area (Å²) in [6.45, 7) is 4.01. The van der Waals surface area contributed by atoms with Gasteiger partial charge in [-0.05, 0) is 67.4 Å². The minimum absolute atomic E-state index is 0.0645. The summed E-state index contributed by atoms with van der Waals surface area (Å²) < 4.78 is 6.08. The van der Waals surface area contributed by atoms with Crippen molar-refractivity contribution in [3.63, 3.8) is 0 Å². The van der Waals surface area contributed by atoms with Crippen LogP contribution in [0.15, 0.2) is 63.6 Å². The van der Waals surface area contributed by atoms with Crippen molar-refractivity contribution >= 4 is 47.4 Å². The zero-order chi connectivity index (χ0) is 22.3. The van der Waals surface area contributed by atoms with Gasteiger partial charge >= 0.3 is 0 Å². The van der Waals surface area contributed by atoms with Gasteiger partial charge < -0.3 is 14.6 Å². The first-order valence-corrected chi connectivity index (χ1v) is 10.6. The molecule has 1 unspecified atom stereocenters. The molecule has 0 aliphatic carbocycles. The molecule has 31 heavy (non-hydrogen) atoms. The molecule has 0 saturated heterocycles. The molecule has 2 aromatic carbocycles. The molecule has 3 aromatic rings. The molecule has 1 aliphatic heterocycles. The summed E-state index contributed by atoms with van der Waals surface area (Å²) in [6, 6.07) is 16.5. The highest BCUT2D eigenvalue weighted by atomic mass is 35.5. The van der Waals surface area contributed by atoms with Gasteiger partial charge in [0.1, 0.15) is 23.2 Å². The van der Waals surface area contributed by atoms with Crippen molar-refractivity contribution in [1.29, 1.82) is 5.26 Å². The molecule has 1 atom stereocenters. The molecule has 0 fully saturated rings. The number of halogens is 2. The van der Waals surface area contributed by atoms with Crippen LogP contribution in [-0.4, -0.2) is 5.91 Å². The molecular formula is C23H17Cl2N3O2S. The zero-order valence-corrected chi connectivity index (χ0v) is 19.0. The van der Waals surface area contributed by atoms with Crippen LogP contribution in [0.3, 0.4) is 0 Å². The Kier molecular flexibility index (Phi) is 5.76. The molecule has 8 heteroatoms. The number of rotatable bonds is 3. The maximum absolute atomic E-state index is 12.5. The second kappa shape index (κ2) is 8.35. The molecule has 4 rings (SSSR count). The molecule has 0 saturated carbocycles. The third-order valence-corrected chi connectivity index (χ3v) is 6.17. The van der Waals surface area contributed by atoms with Crippen LogP contribution in [0, 0.1) is 25.2 Å². The number of furan rings is 1. The van der Waals surface area contributed by atoms with E-state index in [-0.39, 0.29) is 10.6 Å². The van der Waals surface area contributed by atoms with E-state index in [2.05, 4.69) is 17.9 Å².